The lowest BCUT2D eigenvalue weighted by Gasteiger charge is -2.38. The number of amides is 1. The molecule has 0 bridgehead atoms. The molecular weight excluding hydrogens is 368 g/mol. The molecule has 1 heterocycles. The highest BCUT2D eigenvalue weighted by atomic mass is 16.5. The number of rotatable bonds is 5. The van der Waals surface area contributed by atoms with Crippen molar-refractivity contribution in [2.75, 3.05) is 19.0 Å². The number of fused-ring (bicyclic) bond motifs is 1. The van der Waals surface area contributed by atoms with Gasteiger partial charge in [0.05, 0.1) is 12.7 Å². The molecule has 1 aliphatic heterocycles. The lowest BCUT2D eigenvalue weighted by Crippen LogP contribution is -2.44. The molecular formula is C23H22N2O4. The van der Waals surface area contributed by atoms with Gasteiger partial charge in [-0.15, -0.1) is 0 Å². The molecule has 148 valence electrons. The van der Waals surface area contributed by atoms with Crippen LogP contribution in [0, 0.1) is 0 Å². The van der Waals surface area contributed by atoms with Gasteiger partial charge >= 0.3 is 0 Å². The van der Waals surface area contributed by atoms with Crippen LogP contribution >= 0.6 is 0 Å². The lowest BCUT2D eigenvalue weighted by atomic mass is 10.0. The molecule has 1 aliphatic rings. The zero-order chi connectivity index (χ0) is 20.4. The second kappa shape index (κ2) is 7.75. The largest absolute Gasteiger partial charge is 0.504 e. The average molecular weight is 390 g/mol. The number of phenols is 2. The van der Waals surface area contributed by atoms with Crippen molar-refractivity contribution in [3.63, 3.8) is 0 Å². The molecule has 0 spiro atoms. The SMILES string of the molecule is COc1ccc(CCN2C(=O)c3ccccc3N[C@H]2c2cccc(O)c2O)cc1. The first-order valence-electron chi connectivity index (χ1n) is 9.39. The third kappa shape index (κ3) is 3.57. The maximum atomic E-state index is 13.2. The minimum absolute atomic E-state index is 0.124. The average Bonchev–Trinajstić information content (AvgIpc) is 2.75. The van der Waals surface area contributed by atoms with Crippen molar-refractivity contribution >= 4 is 11.6 Å². The van der Waals surface area contributed by atoms with Gasteiger partial charge in [-0.25, -0.2) is 0 Å². The normalized spacial score (nSPS) is 15.6. The number of nitrogens with zero attached hydrogens (tertiary/aromatic N) is 1. The Morgan fingerprint density at radius 3 is 2.52 bits per heavy atom. The van der Waals surface area contributed by atoms with E-state index < -0.39 is 6.17 Å². The van der Waals surface area contributed by atoms with Crippen LogP contribution in [0.1, 0.15) is 27.7 Å². The van der Waals surface area contributed by atoms with Crippen molar-refractivity contribution in [3.8, 4) is 17.2 Å². The van der Waals surface area contributed by atoms with E-state index in [2.05, 4.69) is 5.32 Å². The van der Waals surface area contributed by atoms with Crippen LogP contribution in [0.15, 0.2) is 66.7 Å². The third-order valence-corrected chi connectivity index (χ3v) is 5.16. The van der Waals surface area contributed by atoms with Gasteiger partial charge in [0.2, 0.25) is 0 Å². The zero-order valence-electron chi connectivity index (χ0n) is 16.0. The highest BCUT2D eigenvalue weighted by Gasteiger charge is 2.34. The number of benzene rings is 3. The molecule has 1 amide bonds. The molecule has 3 N–H and O–H groups in total. The number of ether oxygens (including phenoxy) is 1. The van der Waals surface area contributed by atoms with Gasteiger partial charge in [-0.05, 0) is 42.3 Å². The molecule has 4 rings (SSSR count). The minimum Gasteiger partial charge on any atom is -0.504 e. The van der Waals surface area contributed by atoms with Gasteiger partial charge in [-0.1, -0.05) is 36.4 Å². The van der Waals surface area contributed by atoms with Crippen molar-refractivity contribution in [3.05, 3.63) is 83.4 Å². The quantitative estimate of drug-likeness (QED) is 0.576. The summed E-state index contributed by atoms with van der Waals surface area (Å²) in [6, 6.07) is 19.8. The Labute approximate surface area is 169 Å². The van der Waals surface area contributed by atoms with Gasteiger partial charge in [0.25, 0.3) is 5.91 Å². The van der Waals surface area contributed by atoms with E-state index in [9.17, 15) is 15.0 Å². The fraction of sp³-hybridized carbons (Fsp3) is 0.174. The lowest BCUT2D eigenvalue weighted by molar-refractivity contribution is 0.0683. The summed E-state index contributed by atoms with van der Waals surface area (Å²) in [5, 5.41) is 23.7. The van der Waals surface area contributed by atoms with Crippen LogP contribution < -0.4 is 10.1 Å². The maximum absolute atomic E-state index is 13.2. The number of hydrogen-bond donors (Lipinski definition) is 3. The topological polar surface area (TPSA) is 82.0 Å². The van der Waals surface area contributed by atoms with E-state index in [1.54, 1.807) is 30.2 Å². The van der Waals surface area contributed by atoms with Crippen molar-refractivity contribution < 1.29 is 19.7 Å². The number of phenolic OH excluding ortho intramolecular Hbond substituents is 2. The van der Waals surface area contributed by atoms with E-state index in [0.717, 1.165) is 11.3 Å². The Hall–Kier alpha value is -3.67. The molecule has 0 fully saturated rings. The second-order valence-electron chi connectivity index (χ2n) is 6.90. The first kappa shape index (κ1) is 18.7. The summed E-state index contributed by atoms with van der Waals surface area (Å²) in [5.41, 5.74) is 2.79. The zero-order valence-corrected chi connectivity index (χ0v) is 16.0. The minimum atomic E-state index is -0.595. The van der Waals surface area contributed by atoms with Crippen LogP contribution in [0.3, 0.4) is 0 Å². The summed E-state index contributed by atoms with van der Waals surface area (Å²) in [5.74, 6) is 0.207. The van der Waals surface area contributed by atoms with Crippen molar-refractivity contribution in [1.82, 2.24) is 4.90 Å². The smallest absolute Gasteiger partial charge is 0.257 e. The van der Waals surface area contributed by atoms with E-state index in [0.29, 0.717) is 29.8 Å². The van der Waals surface area contributed by atoms with E-state index >= 15 is 0 Å². The molecule has 3 aromatic carbocycles. The number of nitrogens with one attached hydrogen (secondary N) is 1. The summed E-state index contributed by atoms with van der Waals surface area (Å²) in [4.78, 5) is 14.9. The van der Waals surface area contributed by atoms with Gasteiger partial charge in [0.1, 0.15) is 11.9 Å². The highest BCUT2D eigenvalue weighted by molar-refractivity contribution is 6.01. The monoisotopic (exact) mass is 390 g/mol. The standard InChI is InChI=1S/C23H22N2O4/c1-29-16-11-9-15(10-12-16)13-14-25-22(18-6-4-8-20(26)21(18)27)24-19-7-3-2-5-17(19)23(25)28/h2-12,22,24,26-27H,13-14H2,1H3/t22-/m1/s1. The fourth-order valence-corrected chi connectivity index (χ4v) is 3.58. The number of hydrogen-bond acceptors (Lipinski definition) is 5. The van der Waals surface area contributed by atoms with E-state index in [4.69, 9.17) is 4.74 Å². The van der Waals surface area contributed by atoms with Crippen LogP contribution in [0.2, 0.25) is 0 Å². The Morgan fingerprint density at radius 2 is 1.76 bits per heavy atom. The fourth-order valence-electron chi connectivity index (χ4n) is 3.58. The van der Waals surface area contributed by atoms with Crippen LogP contribution in [-0.4, -0.2) is 34.7 Å². The van der Waals surface area contributed by atoms with Crippen molar-refractivity contribution in [2.24, 2.45) is 0 Å². The Bertz CT molecular complexity index is 1030. The summed E-state index contributed by atoms with van der Waals surface area (Å²) in [7, 11) is 1.62. The number of carbonyl (C=O) groups is 1. The maximum Gasteiger partial charge on any atom is 0.257 e. The number of methoxy groups -OCH3 is 1. The molecule has 6 heteroatoms. The first-order chi connectivity index (χ1) is 14.1. The highest BCUT2D eigenvalue weighted by Crippen LogP contribution is 2.39. The molecule has 0 saturated carbocycles. The number of para-hydroxylation sites is 2. The second-order valence-corrected chi connectivity index (χ2v) is 6.90. The molecule has 6 nitrogen and oxygen atoms in total. The number of anilines is 1. The van der Waals surface area contributed by atoms with Gasteiger partial charge in [0, 0.05) is 17.8 Å². The molecule has 0 aliphatic carbocycles. The summed E-state index contributed by atoms with van der Waals surface area (Å²) < 4.78 is 5.19. The number of carbonyl (C=O) groups excluding carboxylic acids is 1. The van der Waals surface area contributed by atoms with Crippen molar-refractivity contribution in [2.45, 2.75) is 12.6 Å². The van der Waals surface area contributed by atoms with E-state index in [-0.39, 0.29) is 17.4 Å². The Balaban J connectivity index is 1.67. The molecule has 29 heavy (non-hydrogen) atoms. The molecule has 3 aromatic rings. The van der Waals surface area contributed by atoms with Crippen LogP contribution in [0.25, 0.3) is 0 Å². The van der Waals surface area contributed by atoms with Crippen LogP contribution in [-0.2, 0) is 6.42 Å². The third-order valence-electron chi connectivity index (χ3n) is 5.16. The van der Waals surface area contributed by atoms with Gasteiger partial charge < -0.3 is 25.2 Å². The summed E-state index contributed by atoms with van der Waals surface area (Å²) in [6.45, 7) is 0.437. The van der Waals surface area contributed by atoms with Crippen LogP contribution in [0.5, 0.6) is 17.2 Å². The Morgan fingerprint density at radius 1 is 1.00 bits per heavy atom. The number of aromatic hydroxyl groups is 2. The molecule has 0 radical (unpaired) electrons. The van der Waals surface area contributed by atoms with Crippen LogP contribution in [0.4, 0.5) is 5.69 Å². The molecule has 0 saturated heterocycles. The summed E-state index contributed by atoms with van der Waals surface area (Å²) in [6.07, 6.45) is 0.0399. The molecule has 0 unspecified atom stereocenters. The molecule has 0 aromatic heterocycles. The summed E-state index contributed by atoms with van der Waals surface area (Å²) >= 11 is 0. The first-order valence-corrected chi connectivity index (χ1v) is 9.39. The van der Waals surface area contributed by atoms with Gasteiger partial charge in [-0.3, -0.25) is 4.79 Å². The molecule has 1 atom stereocenters. The predicted octanol–water partition coefficient (Wildman–Crippen LogP) is 3.92. The van der Waals surface area contributed by atoms with Gasteiger partial charge in [0.15, 0.2) is 11.5 Å². The Kier molecular flexibility index (Phi) is 4.99. The van der Waals surface area contributed by atoms with Crippen molar-refractivity contribution in [1.29, 1.82) is 0 Å². The van der Waals surface area contributed by atoms with E-state index in [1.807, 2.05) is 42.5 Å². The van der Waals surface area contributed by atoms with Gasteiger partial charge in [-0.2, -0.15) is 0 Å². The van der Waals surface area contributed by atoms with E-state index in [1.165, 1.54) is 6.07 Å². The predicted molar refractivity (Wildman–Crippen MR) is 110 cm³/mol.